The molecule has 0 spiro atoms. The Morgan fingerprint density at radius 2 is 1.89 bits per heavy atom. The molecule has 2 N–H and O–H groups in total. The predicted molar refractivity (Wildman–Crippen MR) is 67.8 cm³/mol. The van der Waals surface area contributed by atoms with Gasteiger partial charge in [-0.1, -0.05) is 17.7 Å². The van der Waals surface area contributed by atoms with Crippen LogP contribution in [0.4, 0.5) is 18.9 Å². The summed E-state index contributed by atoms with van der Waals surface area (Å²) in [6.07, 6.45) is -4.25. The molecule has 0 radical (unpaired) electrons. The van der Waals surface area contributed by atoms with E-state index in [-0.39, 0.29) is 6.54 Å². The lowest BCUT2D eigenvalue weighted by Crippen LogP contribution is -2.39. The average Bonchev–Trinajstić information content (AvgIpc) is 2.23. The highest BCUT2D eigenvalue weighted by Gasteiger charge is 2.39. The van der Waals surface area contributed by atoms with Gasteiger partial charge >= 0.3 is 6.18 Å². The van der Waals surface area contributed by atoms with Gasteiger partial charge in [0.1, 0.15) is 0 Å². The molecule has 1 rings (SSSR count). The monoisotopic (exact) mass is 260 g/mol. The van der Waals surface area contributed by atoms with Crippen LogP contribution in [-0.2, 0) is 0 Å². The quantitative estimate of drug-likeness (QED) is 0.902. The number of hydrogen-bond donors (Lipinski definition) is 1. The maximum atomic E-state index is 12.7. The first-order valence-corrected chi connectivity index (χ1v) is 5.81. The lowest BCUT2D eigenvalue weighted by atomic mass is 10.1. The summed E-state index contributed by atoms with van der Waals surface area (Å²) in [6, 6.07) is 5.69. The van der Waals surface area contributed by atoms with E-state index in [1.54, 1.807) is 11.9 Å². The second-order valence-electron chi connectivity index (χ2n) is 4.64. The second-order valence-corrected chi connectivity index (χ2v) is 4.64. The van der Waals surface area contributed by atoms with Crippen LogP contribution < -0.4 is 10.6 Å². The van der Waals surface area contributed by atoms with Gasteiger partial charge < -0.3 is 10.6 Å². The minimum atomic E-state index is -4.25. The highest BCUT2D eigenvalue weighted by atomic mass is 19.4. The van der Waals surface area contributed by atoms with E-state index < -0.39 is 18.6 Å². The summed E-state index contributed by atoms with van der Waals surface area (Å²) < 4.78 is 38.0. The van der Waals surface area contributed by atoms with Gasteiger partial charge in [-0.2, -0.15) is 13.2 Å². The molecule has 0 aliphatic heterocycles. The van der Waals surface area contributed by atoms with Crippen LogP contribution in [0.15, 0.2) is 18.2 Å². The number of anilines is 1. The van der Waals surface area contributed by atoms with E-state index in [1.165, 1.54) is 0 Å². The van der Waals surface area contributed by atoms with Crippen molar-refractivity contribution in [1.82, 2.24) is 0 Å². The summed E-state index contributed by atoms with van der Waals surface area (Å²) >= 11 is 0. The normalized spacial score (nSPS) is 13.5. The molecule has 0 aliphatic carbocycles. The highest BCUT2D eigenvalue weighted by molar-refractivity contribution is 5.53. The first-order valence-electron chi connectivity index (χ1n) is 5.81. The van der Waals surface area contributed by atoms with Crippen molar-refractivity contribution in [1.29, 1.82) is 0 Å². The van der Waals surface area contributed by atoms with E-state index in [2.05, 4.69) is 0 Å². The summed E-state index contributed by atoms with van der Waals surface area (Å²) in [5.41, 5.74) is 8.07. The van der Waals surface area contributed by atoms with Crippen LogP contribution in [0.3, 0.4) is 0 Å². The molecule has 0 heterocycles. The van der Waals surface area contributed by atoms with Crippen LogP contribution in [0.5, 0.6) is 0 Å². The first-order chi connectivity index (χ1) is 8.25. The molecule has 1 atom stereocenters. The predicted octanol–water partition coefficient (Wildman–Crippen LogP) is 2.88. The van der Waals surface area contributed by atoms with Gasteiger partial charge in [-0.05, 0) is 25.5 Å². The van der Waals surface area contributed by atoms with Gasteiger partial charge in [0.05, 0.1) is 5.92 Å². The molecule has 0 saturated heterocycles. The number of nitrogens with two attached hydrogens (primary N) is 1. The third kappa shape index (κ3) is 3.63. The number of hydrogen-bond acceptors (Lipinski definition) is 2. The zero-order valence-corrected chi connectivity index (χ0v) is 10.9. The Labute approximate surface area is 106 Å². The Kier molecular flexibility index (Phi) is 4.62. The summed E-state index contributed by atoms with van der Waals surface area (Å²) in [7, 11) is 1.66. The van der Waals surface area contributed by atoms with Gasteiger partial charge in [-0.15, -0.1) is 0 Å². The van der Waals surface area contributed by atoms with Gasteiger partial charge in [-0.3, -0.25) is 0 Å². The van der Waals surface area contributed by atoms with Crippen LogP contribution in [0.25, 0.3) is 0 Å². The molecule has 0 amide bonds. The number of benzene rings is 1. The topological polar surface area (TPSA) is 29.3 Å². The molecule has 0 aliphatic rings. The summed E-state index contributed by atoms with van der Waals surface area (Å²) in [5, 5.41) is 0. The van der Waals surface area contributed by atoms with E-state index in [9.17, 15) is 13.2 Å². The second kappa shape index (κ2) is 5.61. The number of halogens is 3. The Balaban J connectivity index is 2.84. The van der Waals surface area contributed by atoms with Gasteiger partial charge in [-0.25, -0.2) is 0 Å². The van der Waals surface area contributed by atoms with E-state index >= 15 is 0 Å². The van der Waals surface area contributed by atoms with Crippen LogP contribution in [0.1, 0.15) is 11.1 Å². The molecular weight excluding hydrogens is 241 g/mol. The van der Waals surface area contributed by atoms with Crippen LogP contribution in [0.2, 0.25) is 0 Å². The van der Waals surface area contributed by atoms with Crippen molar-refractivity contribution >= 4 is 5.69 Å². The summed E-state index contributed by atoms with van der Waals surface area (Å²) in [6.45, 7) is 3.34. The average molecular weight is 260 g/mol. The number of rotatable bonds is 4. The standard InChI is InChI=1S/C13H19F3N2/c1-9-4-5-12(10(2)6-9)18(3)8-11(7-17)13(14,15)16/h4-6,11H,7-8,17H2,1-3H3. The van der Waals surface area contributed by atoms with Crippen molar-refractivity contribution < 1.29 is 13.2 Å². The van der Waals surface area contributed by atoms with E-state index in [0.717, 1.165) is 16.8 Å². The van der Waals surface area contributed by atoms with E-state index in [0.29, 0.717) is 0 Å². The molecule has 102 valence electrons. The molecular formula is C13H19F3N2. The maximum absolute atomic E-state index is 12.7. The van der Waals surface area contributed by atoms with E-state index in [1.807, 2.05) is 32.0 Å². The number of aryl methyl sites for hydroxylation is 2. The van der Waals surface area contributed by atoms with Gasteiger partial charge in [0.15, 0.2) is 0 Å². The fourth-order valence-electron chi connectivity index (χ4n) is 1.97. The molecule has 5 heteroatoms. The lowest BCUT2D eigenvalue weighted by molar-refractivity contribution is -0.168. The largest absolute Gasteiger partial charge is 0.394 e. The maximum Gasteiger partial charge on any atom is 0.394 e. The highest BCUT2D eigenvalue weighted by Crippen LogP contribution is 2.28. The number of alkyl halides is 3. The fraction of sp³-hybridized carbons (Fsp3) is 0.538. The molecule has 2 nitrogen and oxygen atoms in total. The first kappa shape index (κ1) is 14.8. The minimum absolute atomic E-state index is 0.121. The third-order valence-corrected chi connectivity index (χ3v) is 3.01. The van der Waals surface area contributed by atoms with Crippen LogP contribution in [-0.4, -0.2) is 26.3 Å². The Bertz CT molecular complexity index is 402. The number of nitrogens with zero attached hydrogens (tertiary/aromatic N) is 1. The van der Waals surface area contributed by atoms with Crippen molar-refractivity contribution in [2.24, 2.45) is 11.7 Å². The summed E-state index contributed by atoms with van der Waals surface area (Å²) in [5.74, 6) is -1.50. The minimum Gasteiger partial charge on any atom is -0.374 e. The van der Waals surface area contributed by atoms with Gasteiger partial charge in [0, 0.05) is 25.8 Å². The molecule has 0 aromatic heterocycles. The van der Waals surface area contributed by atoms with Crippen molar-refractivity contribution in [3.05, 3.63) is 29.3 Å². The van der Waals surface area contributed by atoms with Crippen molar-refractivity contribution in [2.45, 2.75) is 20.0 Å². The SMILES string of the molecule is Cc1ccc(N(C)CC(CN)C(F)(F)F)c(C)c1. The van der Waals surface area contributed by atoms with Crippen LogP contribution >= 0.6 is 0 Å². The molecule has 0 fully saturated rings. The summed E-state index contributed by atoms with van der Waals surface area (Å²) in [4.78, 5) is 1.61. The van der Waals surface area contributed by atoms with Gasteiger partial charge in [0.25, 0.3) is 0 Å². The molecule has 1 unspecified atom stereocenters. The Morgan fingerprint density at radius 3 is 2.33 bits per heavy atom. The zero-order chi connectivity index (χ0) is 13.9. The smallest absolute Gasteiger partial charge is 0.374 e. The van der Waals surface area contributed by atoms with Crippen molar-refractivity contribution in [3.8, 4) is 0 Å². The Hall–Kier alpha value is -1.23. The van der Waals surface area contributed by atoms with Crippen molar-refractivity contribution in [2.75, 3.05) is 25.0 Å². The molecule has 1 aromatic rings. The fourth-order valence-corrected chi connectivity index (χ4v) is 1.97. The van der Waals surface area contributed by atoms with Gasteiger partial charge in [0.2, 0.25) is 0 Å². The van der Waals surface area contributed by atoms with Crippen LogP contribution in [0, 0.1) is 19.8 Å². The third-order valence-electron chi connectivity index (χ3n) is 3.01. The Morgan fingerprint density at radius 1 is 1.28 bits per heavy atom. The van der Waals surface area contributed by atoms with E-state index in [4.69, 9.17) is 5.73 Å². The molecule has 1 aromatic carbocycles. The van der Waals surface area contributed by atoms with Crippen molar-refractivity contribution in [3.63, 3.8) is 0 Å². The molecule has 18 heavy (non-hydrogen) atoms. The molecule has 0 saturated carbocycles. The molecule has 0 bridgehead atoms. The lowest BCUT2D eigenvalue weighted by Gasteiger charge is -2.27. The zero-order valence-electron chi connectivity index (χ0n) is 10.9.